The van der Waals surface area contributed by atoms with Crippen LogP contribution < -0.4 is 5.32 Å². The van der Waals surface area contributed by atoms with E-state index in [0.717, 1.165) is 57.8 Å². The van der Waals surface area contributed by atoms with Gasteiger partial charge in [0.15, 0.2) is 0 Å². The zero-order valence-electron chi connectivity index (χ0n) is 35.1. The quantitative estimate of drug-likeness (QED) is 0.0428. The van der Waals surface area contributed by atoms with E-state index in [1.54, 1.807) is 0 Å². The maximum atomic E-state index is 12.4. The number of nitrogens with one attached hydrogen (secondary N) is 1. The molecule has 0 aliphatic heterocycles. The lowest BCUT2D eigenvalue weighted by molar-refractivity contribution is -0.143. The van der Waals surface area contributed by atoms with E-state index in [2.05, 4.69) is 19.2 Å². The first-order valence-electron chi connectivity index (χ1n) is 23.3. The van der Waals surface area contributed by atoms with Gasteiger partial charge in [-0.15, -0.1) is 0 Å². The minimum Gasteiger partial charge on any atom is -0.466 e. The molecule has 0 aliphatic rings. The van der Waals surface area contributed by atoms with Crippen LogP contribution in [-0.4, -0.2) is 47.4 Å². The second kappa shape index (κ2) is 42.6. The Bertz CT molecular complexity index is 732. The third kappa shape index (κ3) is 38.6. The smallest absolute Gasteiger partial charge is 0.305 e. The summed E-state index contributed by atoms with van der Waals surface area (Å²) in [5.74, 6) is -0.0755. The monoisotopic (exact) mass is 738 g/mol. The summed E-state index contributed by atoms with van der Waals surface area (Å²) in [4.78, 5) is 24.4. The zero-order valence-corrected chi connectivity index (χ0v) is 35.1. The number of hydrogen-bond acceptors (Lipinski definition) is 5. The molecule has 2 unspecified atom stereocenters. The number of ether oxygens (including phenoxy) is 1. The van der Waals surface area contributed by atoms with E-state index in [9.17, 15) is 19.8 Å². The van der Waals surface area contributed by atoms with Gasteiger partial charge in [0.05, 0.1) is 25.4 Å². The summed E-state index contributed by atoms with van der Waals surface area (Å²) in [6, 6.07) is -0.555. The van der Waals surface area contributed by atoms with Gasteiger partial charge in [-0.25, -0.2) is 0 Å². The summed E-state index contributed by atoms with van der Waals surface area (Å²) in [5.41, 5.74) is 0. The lowest BCUT2D eigenvalue weighted by atomic mass is 10.0. The summed E-state index contributed by atoms with van der Waals surface area (Å²) >= 11 is 0. The molecular formula is C46H91NO5. The van der Waals surface area contributed by atoms with Gasteiger partial charge in [0.2, 0.25) is 5.91 Å². The van der Waals surface area contributed by atoms with E-state index in [4.69, 9.17) is 4.74 Å². The van der Waals surface area contributed by atoms with Crippen LogP contribution in [0.5, 0.6) is 0 Å². The lowest BCUT2D eigenvalue weighted by Gasteiger charge is -2.22. The Hall–Kier alpha value is -1.14. The van der Waals surface area contributed by atoms with E-state index in [0.29, 0.717) is 25.9 Å². The van der Waals surface area contributed by atoms with Gasteiger partial charge in [-0.05, 0) is 25.7 Å². The van der Waals surface area contributed by atoms with Crippen molar-refractivity contribution in [3.05, 3.63) is 0 Å². The first kappa shape index (κ1) is 50.9. The molecule has 0 heterocycles. The molecule has 0 fully saturated rings. The first-order valence-corrected chi connectivity index (χ1v) is 23.3. The number of aliphatic hydroxyl groups is 2. The van der Waals surface area contributed by atoms with Gasteiger partial charge in [0, 0.05) is 12.8 Å². The van der Waals surface area contributed by atoms with Crippen molar-refractivity contribution >= 4 is 11.9 Å². The fourth-order valence-corrected chi connectivity index (χ4v) is 7.29. The normalized spacial score (nSPS) is 12.6. The number of carbonyl (C=O) groups is 2. The van der Waals surface area contributed by atoms with Crippen LogP contribution in [0, 0.1) is 0 Å². The molecule has 310 valence electrons. The van der Waals surface area contributed by atoms with E-state index in [1.165, 1.54) is 167 Å². The standard InChI is InChI=1S/C46H91NO5/c1-3-5-7-9-11-13-15-16-17-19-22-26-30-34-38-44(49)43(42-48)47-45(50)39-35-31-27-23-20-21-25-29-33-37-41-52-46(51)40-36-32-28-24-18-14-12-10-8-6-4-2/h43-44,48-49H,3-42H2,1-2H3,(H,47,50). The molecule has 0 saturated carbocycles. The number of rotatable bonds is 43. The first-order chi connectivity index (χ1) is 25.5. The molecule has 0 radical (unpaired) electrons. The molecule has 2 atom stereocenters. The second-order valence-electron chi connectivity index (χ2n) is 16.1. The van der Waals surface area contributed by atoms with Crippen LogP contribution in [0.2, 0.25) is 0 Å². The third-order valence-electron chi connectivity index (χ3n) is 10.9. The van der Waals surface area contributed by atoms with Crippen molar-refractivity contribution in [2.75, 3.05) is 13.2 Å². The summed E-state index contributed by atoms with van der Waals surface area (Å²) in [5, 5.41) is 23.1. The van der Waals surface area contributed by atoms with Crippen molar-refractivity contribution in [2.24, 2.45) is 0 Å². The number of esters is 1. The minimum atomic E-state index is -0.676. The van der Waals surface area contributed by atoms with Gasteiger partial charge in [-0.2, -0.15) is 0 Å². The number of carbonyl (C=O) groups excluding carboxylic acids is 2. The van der Waals surface area contributed by atoms with E-state index < -0.39 is 12.1 Å². The number of aliphatic hydroxyl groups excluding tert-OH is 2. The summed E-state index contributed by atoms with van der Waals surface area (Å²) in [6.45, 7) is 4.90. The van der Waals surface area contributed by atoms with Crippen molar-refractivity contribution in [1.29, 1.82) is 0 Å². The van der Waals surface area contributed by atoms with E-state index in [1.807, 2.05) is 0 Å². The molecule has 52 heavy (non-hydrogen) atoms. The highest BCUT2D eigenvalue weighted by Gasteiger charge is 2.20. The Morgan fingerprint density at radius 1 is 0.462 bits per heavy atom. The third-order valence-corrected chi connectivity index (χ3v) is 10.9. The molecular weight excluding hydrogens is 647 g/mol. The molecule has 0 bridgehead atoms. The fraction of sp³-hybridized carbons (Fsp3) is 0.957. The van der Waals surface area contributed by atoms with Crippen LogP contribution in [0.25, 0.3) is 0 Å². The van der Waals surface area contributed by atoms with Gasteiger partial charge in [-0.1, -0.05) is 219 Å². The number of hydrogen-bond donors (Lipinski definition) is 3. The topological polar surface area (TPSA) is 95.9 Å². The molecule has 3 N–H and O–H groups in total. The zero-order chi connectivity index (χ0) is 38.0. The second-order valence-corrected chi connectivity index (χ2v) is 16.1. The summed E-state index contributed by atoms with van der Waals surface area (Å²) in [6.07, 6.45) is 44.8. The number of amides is 1. The van der Waals surface area contributed by atoms with Gasteiger partial charge in [0.25, 0.3) is 0 Å². The van der Waals surface area contributed by atoms with Crippen LogP contribution in [0.1, 0.15) is 258 Å². The highest BCUT2D eigenvalue weighted by Crippen LogP contribution is 2.16. The maximum absolute atomic E-state index is 12.4. The highest BCUT2D eigenvalue weighted by atomic mass is 16.5. The van der Waals surface area contributed by atoms with Crippen molar-refractivity contribution in [1.82, 2.24) is 5.32 Å². The fourth-order valence-electron chi connectivity index (χ4n) is 7.29. The highest BCUT2D eigenvalue weighted by molar-refractivity contribution is 5.76. The Morgan fingerprint density at radius 3 is 1.17 bits per heavy atom. The van der Waals surface area contributed by atoms with E-state index >= 15 is 0 Å². The Balaban J connectivity index is 3.48. The molecule has 1 amide bonds. The Morgan fingerprint density at radius 2 is 0.788 bits per heavy atom. The van der Waals surface area contributed by atoms with Crippen LogP contribution in [0.4, 0.5) is 0 Å². The molecule has 0 aromatic carbocycles. The van der Waals surface area contributed by atoms with Gasteiger partial charge < -0.3 is 20.3 Å². The maximum Gasteiger partial charge on any atom is 0.305 e. The van der Waals surface area contributed by atoms with Gasteiger partial charge in [0.1, 0.15) is 0 Å². The summed E-state index contributed by atoms with van der Waals surface area (Å²) < 4.78 is 5.43. The van der Waals surface area contributed by atoms with Crippen molar-refractivity contribution < 1.29 is 24.5 Å². The predicted molar refractivity (Wildman–Crippen MR) is 223 cm³/mol. The van der Waals surface area contributed by atoms with Crippen molar-refractivity contribution in [3.8, 4) is 0 Å². The summed E-state index contributed by atoms with van der Waals surface area (Å²) in [7, 11) is 0. The predicted octanol–water partition coefficient (Wildman–Crippen LogP) is 13.2. The number of unbranched alkanes of at least 4 members (excludes halogenated alkanes) is 32. The molecule has 0 aliphatic carbocycles. The molecule has 0 saturated heterocycles. The van der Waals surface area contributed by atoms with E-state index in [-0.39, 0.29) is 18.5 Å². The average Bonchev–Trinajstić information content (AvgIpc) is 3.14. The van der Waals surface area contributed by atoms with Crippen LogP contribution in [0.3, 0.4) is 0 Å². The van der Waals surface area contributed by atoms with Crippen LogP contribution >= 0.6 is 0 Å². The molecule has 0 aromatic heterocycles. The molecule has 6 heteroatoms. The Labute approximate surface area is 324 Å². The molecule has 6 nitrogen and oxygen atoms in total. The van der Waals surface area contributed by atoms with Crippen LogP contribution in [0.15, 0.2) is 0 Å². The van der Waals surface area contributed by atoms with Crippen molar-refractivity contribution in [3.63, 3.8) is 0 Å². The molecule has 0 spiro atoms. The Kier molecular flexibility index (Phi) is 41.7. The van der Waals surface area contributed by atoms with Crippen LogP contribution in [-0.2, 0) is 14.3 Å². The van der Waals surface area contributed by atoms with Gasteiger partial charge in [-0.3, -0.25) is 9.59 Å². The average molecular weight is 738 g/mol. The SMILES string of the molecule is CCCCCCCCCCCCCCCCC(O)C(CO)NC(=O)CCCCCCCCCCCCOC(=O)CCCCCCCCCCCCC. The molecule has 0 rings (SSSR count). The molecule has 0 aromatic rings. The van der Waals surface area contributed by atoms with Crippen molar-refractivity contribution in [2.45, 2.75) is 270 Å². The largest absolute Gasteiger partial charge is 0.466 e. The lowest BCUT2D eigenvalue weighted by Crippen LogP contribution is -2.45. The minimum absolute atomic E-state index is 0.0189. The van der Waals surface area contributed by atoms with Gasteiger partial charge >= 0.3 is 5.97 Å².